The van der Waals surface area contributed by atoms with Crippen LogP contribution in [0.5, 0.6) is 0 Å². The Kier molecular flexibility index (Phi) is 4.82. The number of nitrogens with one attached hydrogen (secondary N) is 1. The monoisotopic (exact) mass is 361 g/mol. The second-order valence-corrected chi connectivity index (χ2v) is 8.69. The van der Waals surface area contributed by atoms with E-state index in [1.54, 1.807) is 11.3 Å². The van der Waals surface area contributed by atoms with E-state index in [1.165, 1.54) is 23.3 Å². The smallest absolute Gasteiger partial charge is 0.264 e. The Morgan fingerprint density at radius 1 is 1.16 bits per heavy atom. The largest absolute Gasteiger partial charge is 0.352 e. The number of piperazine rings is 1. The lowest BCUT2D eigenvalue weighted by atomic mass is 9.99. The first-order chi connectivity index (χ1) is 12.1. The zero-order valence-corrected chi connectivity index (χ0v) is 15.7. The molecular formula is C19H27N3O2S. The van der Waals surface area contributed by atoms with Gasteiger partial charge < -0.3 is 10.2 Å². The topological polar surface area (TPSA) is 52.7 Å². The molecule has 5 nitrogen and oxygen atoms in total. The van der Waals surface area contributed by atoms with Crippen LogP contribution in [0.25, 0.3) is 0 Å². The summed E-state index contributed by atoms with van der Waals surface area (Å²) in [5, 5.41) is 3.08. The highest BCUT2D eigenvalue weighted by Crippen LogP contribution is 2.30. The van der Waals surface area contributed by atoms with Crippen LogP contribution in [0.2, 0.25) is 0 Å². The van der Waals surface area contributed by atoms with E-state index in [9.17, 15) is 9.59 Å². The van der Waals surface area contributed by atoms with Gasteiger partial charge in [0, 0.05) is 37.1 Å². The van der Waals surface area contributed by atoms with Crippen molar-refractivity contribution in [3.05, 3.63) is 21.4 Å². The fourth-order valence-corrected chi connectivity index (χ4v) is 5.00. The predicted molar refractivity (Wildman–Crippen MR) is 99.1 cm³/mol. The number of amides is 2. The van der Waals surface area contributed by atoms with Crippen molar-refractivity contribution in [1.82, 2.24) is 15.1 Å². The molecule has 2 fully saturated rings. The van der Waals surface area contributed by atoms with E-state index in [-0.39, 0.29) is 17.9 Å². The van der Waals surface area contributed by atoms with Gasteiger partial charge in [0.15, 0.2) is 0 Å². The fourth-order valence-electron chi connectivity index (χ4n) is 3.78. The van der Waals surface area contributed by atoms with Crippen molar-refractivity contribution in [2.24, 2.45) is 0 Å². The van der Waals surface area contributed by atoms with Gasteiger partial charge in [0.1, 0.15) is 0 Å². The van der Waals surface area contributed by atoms with Gasteiger partial charge in [-0.3, -0.25) is 14.5 Å². The van der Waals surface area contributed by atoms with Gasteiger partial charge in [-0.2, -0.15) is 0 Å². The molecule has 1 atom stereocenters. The van der Waals surface area contributed by atoms with Crippen LogP contribution in [0.4, 0.5) is 0 Å². The highest BCUT2D eigenvalue weighted by Gasteiger charge is 2.31. The number of nitrogens with zero attached hydrogens (tertiary/aromatic N) is 2. The highest BCUT2D eigenvalue weighted by atomic mass is 32.1. The Labute approximate surface area is 153 Å². The molecule has 0 spiro atoms. The standard InChI is InChI=1S/C19H27N3O2S/c1-13(18(23)20-15-6-7-15)21-8-10-22(11-9-21)19(24)17-12-14-4-2-3-5-16(14)25-17/h12-13,15H,2-11H2,1H3,(H,20,23). The molecule has 25 heavy (non-hydrogen) atoms. The van der Waals surface area contributed by atoms with Gasteiger partial charge >= 0.3 is 0 Å². The number of hydrogen-bond donors (Lipinski definition) is 1. The summed E-state index contributed by atoms with van der Waals surface area (Å²) in [6, 6.07) is 2.43. The van der Waals surface area contributed by atoms with Gasteiger partial charge in [0.05, 0.1) is 10.9 Å². The van der Waals surface area contributed by atoms with Crippen molar-refractivity contribution in [3.63, 3.8) is 0 Å². The molecule has 0 bridgehead atoms. The minimum absolute atomic E-state index is 0.105. The minimum atomic E-state index is -0.105. The van der Waals surface area contributed by atoms with Crippen LogP contribution in [0.15, 0.2) is 6.07 Å². The van der Waals surface area contributed by atoms with E-state index in [2.05, 4.69) is 16.3 Å². The molecular weight excluding hydrogens is 334 g/mol. The Morgan fingerprint density at radius 3 is 2.56 bits per heavy atom. The number of thiophene rings is 1. The van der Waals surface area contributed by atoms with Crippen molar-refractivity contribution in [2.45, 2.75) is 57.5 Å². The maximum absolute atomic E-state index is 12.8. The lowest BCUT2D eigenvalue weighted by molar-refractivity contribution is -0.126. The molecule has 1 saturated heterocycles. The molecule has 4 rings (SSSR count). The average Bonchev–Trinajstić information content (AvgIpc) is 3.35. The van der Waals surface area contributed by atoms with Crippen LogP contribution < -0.4 is 5.32 Å². The predicted octanol–water partition coefficient (Wildman–Crippen LogP) is 2.05. The van der Waals surface area contributed by atoms with Gasteiger partial charge in [-0.1, -0.05) is 0 Å². The second kappa shape index (κ2) is 7.08. The van der Waals surface area contributed by atoms with Gasteiger partial charge in [0.2, 0.25) is 5.91 Å². The molecule has 1 aromatic rings. The molecule has 1 unspecified atom stereocenters. The number of rotatable bonds is 4. The Balaban J connectivity index is 1.32. The van der Waals surface area contributed by atoms with Crippen LogP contribution >= 0.6 is 11.3 Å². The van der Waals surface area contributed by atoms with Crippen LogP contribution in [0, 0.1) is 0 Å². The molecule has 0 radical (unpaired) electrons. The SMILES string of the molecule is CC(C(=O)NC1CC1)N1CCN(C(=O)c2cc3c(s2)CCCC3)CC1. The van der Waals surface area contributed by atoms with E-state index in [0.29, 0.717) is 19.1 Å². The number of carbonyl (C=O) groups is 2. The molecule has 3 aliphatic rings. The zero-order valence-electron chi connectivity index (χ0n) is 14.9. The highest BCUT2D eigenvalue weighted by molar-refractivity contribution is 7.14. The summed E-state index contributed by atoms with van der Waals surface area (Å²) in [6.07, 6.45) is 6.99. The van der Waals surface area contributed by atoms with E-state index < -0.39 is 0 Å². The van der Waals surface area contributed by atoms with E-state index in [0.717, 1.165) is 43.6 Å². The quantitative estimate of drug-likeness (QED) is 0.893. The maximum Gasteiger partial charge on any atom is 0.264 e. The second-order valence-electron chi connectivity index (χ2n) is 7.55. The van der Waals surface area contributed by atoms with Crippen LogP contribution in [0.1, 0.15) is 52.7 Å². The minimum Gasteiger partial charge on any atom is -0.352 e. The molecule has 1 saturated carbocycles. The lowest BCUT2D eigenvalue weighted by Crippen LogP contribution is -2.55. The molecule has 2 heterocycles. The molecule has 0 aromatic carbocycles. The fraction of sp³-hybridized carbons (Fsp3) is 0.684. The van der Waals surface area contributed by atoms with Crippen molar-refractivity contribution in [3.8, 4) is 0 Å². The van der Waals surface area contributed by atoms with Gasteiger partial charge in [0.25, 0.3) is 5.91 Å². The summed E-state index contributed by atoms with van der Waals surface area (Å²) in [4.78, 5) is 31.5. The Morgan fingerprint density at radius 2 is 1.88 bits per heavy atom. The summed E-state index contributed by atoms with van der Waals surface area (Å²) in [5.74, 6) is 0.308. The number of hydrogen-bond acceptors (Lipinski definition) is 4. The molecule has 1 aromatic heterocycles. The van der Waals surface area contributed by atoms with Crippen molar-refractivity contribution in [2.75, 3.05) is 26.2 Å². The molecule has 6 heteroatoms. The van der Waals surface area contributed by atoms with Crippen molar-refractivity contribution < 1.29 is 9.59 Å². The first-order valence-electron chi connectivity index (χ1n) is 9.57. The summed E-state index contributed by atoms with van der Waals surface area (Å²) in [6.45, 7) is 4.94. The van der Waals surface area contributed by atoms with E-state index >= 15 is 0 Å². The summed E-state index contributed by atoms with van der Waals surface area (Å²) >= 11 is 1.69. The molecule has 2 aliphatic carbocycles. The van der Waals surface area contributed by atoms with Gasteiger partial charge in [-0.25, -0.2) is 0 Å². The zero-order chi connectivity index (χ0) is 17.4. The van der Waals surface area contributed by atoms with Crippen molar-refractivity contribution in [1.29, 1.82) is 0 Å². The van der Waals surface area contributed by atoms with Gasteiger partial charge in [-0.15, -0.1) is 11.3 Å². The maximum atomic E-state index is 12.8. The van der Waals surface area contributed by atoms with Crippen LogP contribution in [-0.4, -0.2) is 59.9 Å². The first kappa shape index (κ1) is 17.0. The van der Waals surface area contributed by atoms with Gasteiger partial charge in [-0.05, 0) is 57.1 Å². The number of aryl methyl sites for hydroxylation is 2. The van der Waals surface area contributed by atoms with E-state index in [1.807, 2.05) is 11.8 Å². The Hall–Kier alpha value is -1.40. The van der Waals surface area contributed by atoms with E-state index in [4.69, 9.17) is 0 Å². The van der Waals surface area contributed by atoms with Crippen LogP contribution in [-0.2, 0) is 17.6 Å². The molecule has 1 aliphatic heterocycles. The average molecular weight is 362 g/mol. The summed E-state index contributed by atoms with van der Waals surface area (Å²) in [7, 11) is 0. The molecule has 136 valence electrons. The third-order valence-corrected chi connectivity index (χ3v) is 6.88. The molecule has 1 N–H and O–H groups in total. The first-order valence-corrected chi connectivity index (χ1v) is 10.4. The normalized spacial score (nSPS) is 22.4. The summed E-state index contributed by atoms with van der Waals surface area (Å²) in [5.41, 5.74) is 1.39. The number of carbonyl (C=O) groups excluding carboxylic acids is 2. The summed E-state index contributed by atoms with van der Waals surface area (Å²) < 4.78 is 0. The molecule has 2 amide bonds. The Bertz CT molecular complexity index is 636. The number of fused-ring (bicyclic) bond motifs is 1. The lowest BCUT2D eigenvalue weighted by Gasteiger charge is -2.37. The van der Waals surface area contributed by atoms with Crippen molar-refractivity contribution >= 4 is 23.2 Å². The third-order valence-electron chi connectivity index (χ3n) is 5.66. The van der Waals surface area contributed by atoms with Crippen LogP contribution in [0.3, 0.4) is 0 Å². The third kappa shape index (κ3) is 3.75.